The van der Waals surface area contributed by atoms with E-state index in [0.29, 0.717) is 12.5 Å². The maximum Gasteiger partial charge on any atom is 0.0716 e. The highest BCUT2D eigenvalue weighted by Gasteiger charge is 2.23. The molecule has 2 atom stereocenters. The normalized spacial score (nSPS) is 23.4. The zero-order valence-electron chi connectivity index (χ0n) is 9.40. The number of aromatic nitrogens is 1. The third-order valence-electron chi connectivity index (χ3n) is 2.81. The summed E-state index contributed by atoms with van der Waals surface area (Å²) < 4.78 is 0.992. The number of β-amino-alcohol motifs (C(OH)–C–C–N with tert-alkyl or cyclic N) is 1. The van der Waals surface area contributed by atoms with E-state index < -0.39 is 0 Å². The van der Waals surface area contributed by atoms with Crippen LogP contribution in [0, 0.1) is 5.92 Å². The van der Waals surface area contributed by atoms with E-state index in [-0.39, 0.29) is 18.5 Å². The van der Waals surface area contributed by atoms with Crippen molar-refractivity contribution in [3.63, 3.8) is 0 Å². The Hall–Kier alpha value is -0.200. The van der Waals surface area contributed by atoms with E-state index in [4.69, 9.17) is 0 Å². The van der Waals surface area contributed by atoms with Crippen molar-refractivity contribution in [3.8, 4) is 0 Å². The average molecular weight is 323 g/mol. The van der Waals surface area contributed by atoms with E-state index in [1.807, 2.05) is 12.1 Å². The number of nitrogens with zero attached hydrogens (tertiary/aromatic N) is 1. The lowest BCUT2D eigenvalue weighted by Gasteiger charge is -2.13. The van der Waals surface area contributed by atoms with Crippen molar-refractivity contribution in [1.82, 2.24) is 15.6 Å². The first-order valence-corrected chi connectivity index (χ1v) is 6.25. The van der Waals surface area contributed by atoms with Crippen LogP contribution in [-0.4, -0.2) is 35.8 Å². The number of rotatable bonds is 4. The highest BCUT2D eigenvalue weighted by molar-refractivity contribution is 9.10. The number of nitrogens with one attached hydrogen (secondary N) is 2. The molecular formula is C11H17BrClN3O. The average Bonchev–Trinajstić information content (AvgIpc) is 2.68. The molecule has 1 aliphatic heterocycles. The Morgan fingerprint density at radius 1 is 1.47 bits per heavy atom. The van der Waals surface area contributed by atoms with E-state index in [0.717, 1.165) is 29.8 Å². The highest BCUT2D eigenvalue weighted by atomic mass is 79.9. The molecule has 1 aliphatic rings. The topological polar surface area (TPSA) is 57.2 Å². The Kier molecular flexibility index (Phi) is 6.37. The molecule has 3 N–H and O–H groups in total. The van der Waals surface area contributed by atoms with Crippen LogP contribution in [0.2, 0.25) is 0 Å². The van der Waals surface area contributed by atoms with Crippen LogP contribution in [0.25, 0.3) is 0 Å². The molecular weight excluding hydrogens is 305 g/mol. The van der Waals surface area contributed by atoms with Crippen molar-refractivity contribution in [2.75, 3.05) is 19.6 Å². The molecule has 0 spiro atoms. The summed E-state index contributed by atoms with van der Waals surface area (Å²) in [5.74, 6) is 0.315. The summed E-state index contributed by atoms with van der Waals surface area (Å²) in [5.41, 5.74) is 1.02. The number of halogens is 2. The first kappa shape index (κ1) is 14.9. The van der Waals surface area contributed by atoms with Crippen LogP contribution in [0.5, 0.6) is 0 Å². The van der Waals surface area contributed by atoms with Gasteiger partial charge in [0.2, 0.25) is 0 Å². The van der Waals surface area contributed by atoms with Crippen LogP contribution in [-0.2, 0) is 6.54 Å². The van der Waals surface area contributed by atoms with Gasteiger partial charge in [-0.25, -0.2) is 0 Å². The summed E-state index contributed by atoms with van der Waals surface area (Å²) in [6, 6.07) is 3.97. The lowest BCUT2D eigenvalue weighted by atomic mass is 10.1. The number of pyridine rings is 1. The summed E-state index contributed by atoms with van der Waals surface area (Å²) in [6.07, 6.45) is 1.58. The molecule has 0 saturated carbocycles. The first-order valence-electron chi connectivity index (χ1n) is 5.45. The minimum absolute atomic E-state index is 0. The number of aliphatic hydroxyl groups is 1. The Labute approximate surface area is 116 Å². The third kappa shape index (κ3) is 4.52. The quantitative estimate of drug-likeness (QED) is 0.772. The molecule has 1 fully saturated rings. The summed E-state index contributed by atoms with van der Waals surface area (Å²) in [5, 5.41) is 16.1. The van der Waals surface area contributed by atoms with E-state index in [2.05, 4.69) is 31.5 Å². The Balaban J connectivity index is 0.00000144. The molecule has 0 amide bonds. The van der Waals surface area contributed by atoms with Gasteiger partial charge in [-0.1, -0.05) is 0 Å². The fraction of sp³-hybridized carbons (Fsp3) is 0.545. The van der Waals surface area contributed by atoms with Crippen LogP contribution in [0.3, 0.4) is 0 Å². The fourth-order valence-corrected chi connectivity index (χ4v) is 2.06. The summed E-state index contributed by atoms with van der Waals surface area (Å²) in [6.45, 7) is 3.17. The van der Waals surface area contributed by atoms with Gasteiger partial charge in [0.1, 0.15) is 0 Å². The van der Waals surface area contributed by atoms with Crippen molar-refractivity contribution in [2.45, 2.75) is 12.6 Å². The lowest BCUT2D eigenvalue weighted by Crippen LogP contribution is -2.30. The molecule has 1 saturated heterocycles. The van der Waals surface area contributed by atoms with Gasteiger partial charge in [0.15, 0.2) is 0 Å². The SMILES string of the molecule is Cl.OC1CNCC1CNCc1ccc(Br)cn1. The molecule has 0 aromatic carbocycles. The molecule has 0 radical (unpaired) electrons. The van der Waals surface area contributed by atoms with Gasteiger partial charge >= 0.3 is 0 Å². The minimum atomic E-state index is -0.217. The minimum Gasteiger partial charge on any atom is -0.391 e. The van der Waals surface area contributed by atoms with Gasteiger partial charge in [0.05, 0.1) is 11.8 Å². The van der Waals surface area contributed by atoms with Gasteiger partial charge in [0.25, 0.3) is 0 Å². The molecule has 0 aliphatic carbocycles. The maximum atomic E-state index is 9.60. The van der Waals surface area contributed by atoms with Gasteiger partial charge < -0.3 is 15.7 Å². The molecule has 17 heavy (non-hydrogen) atoms. The second kappa shape index (κ2) is 7.28. The summed E-state index contributed by atoms with van der Waals surface area (Å²) >= 11 is 3.35. The van der Waals surface area contributed by atoms with Crippen molar-refractivity contribution >= 4 is 28.3 Å². The highest BCUT2D eigenvalue weighted by Crippen LogP contribution is 2.09. The monoisotopic (exact) mass is 321 g/mol. The predicted octanol–water partition coefficient (Wildman–Crippen LogP) is 0.936. The van der Waals surface area contributed by atoms with E-state index in [1.165, 1.54) is 0 Å². The first-order chi connectivity index (χ1) is 7.75. The van der Waals surface area contributed by atoms with Gasteiger partial charge in [-0.3, -0.25) is 4.98 Å². The molecule has 2 unspecified atom stereocenters. The van der Waals surface area contributed by atoms with Crippen molar-refractivity contribution in [1.29, 1.82) is 0 Å². The second-order valence-corrected chi connectivity index (χ2v) is 5.00. The van der Waals surface area contributed by atoms with Gasteiger partial charge in [-0.15, -0.1) is 12.4 Å². The second-order valence-electron chi connectivity index (χ2n) is 4.08. The summed E-state index contributed by atoms with van der Waals surface area (Å²) in [7, 11) is 0. The molecule has 2 heterocycles. The molecule has 0 bridgehead atoms. The van der Waals surface area contributed by atoms with Gasteiger partial charge in [0, 0.05) is 42.8 Å². The molecule has 6 heteroatoms. The lowest BCUT2D eigenvalue weighted by molar-refractivity contribution is 0.146. The molecule has 2 rings (SSSR count). The molecule has 1 aromatic heterocycles. The predicted molar refractivity (Wildman–Crippen MR) is 73.3 cm³/mol. The maximum absolute atomic E-state index is 9.60. The van der Waals surface area contributed by atoms with E-state index >= 15 is 0 Å². The Morgan fingerprint density at radius 3 is 2.88 bits per heavy atom. The van der Waals surface area contributed by atoms with Crippen molar-refractivity contribution < 1.29 is 5.11 Å². The summed E-state index contributed by atoms with van der Waals surface area (Å²) in [4.78, 5) is 4.27. The smallest absolute Gasteiger partial charge is 0.0716 e. The zero-order chi connectivity index (χ0) is 11.4. The largest absolute Gasteiger partial charge is 0.391 e. The van der Waals surface area contributed by atoms with Crippen LogP contribution >= 0.6 is 28.3 Å². The van der Waals surface area contributed by atoms with Crippen molar-refractivity contribution in [3.05, 3.63) is 28.5 Å². The van der Waals surface area contributed by atoms with E-state index in [1.54, 1.807) is 6.20 Å². The van der Waals surface area contributed by atoms with Gasteiger partial charge in [-0.2, -0.15) is 0 Å². The number of hydrogen-bond acceptors (Lipinski definition) is 4. The fourth-order valence-electron chi connectivity index (χ4n) is 1.82. The molecule has 96 valence electrons. The van der Waals surface area contributed by atoms with Crippen LogP contribution in [0.4, 0.5) is 0 Å². The molecule has 1 aromatic rings. The van der Waals surface area contributed by atoms with Crippen LogP contribution in [0.15, 0.2) is 22.8 Å². The molecule has 4 nitrogen and oxygen atoms in total. The van der Waals surface area contributed by atoms with Gasteiger partial charge in [-0.05, 0) is 28.1 Å². The standard InChI is InChI=1S/C11H16BrN3O.ClH/c12-9-1-2-10(15-5-9)6-13-3-8-4-14-7-11(8)16;/h1-2,5,8,11,13-14,16H,3-4,6-7H2;1H. The number of aliphatic hydroxyl groups excluding tert-OH is 1. The zero-order valence-corrected chi connectivity index (χ0v) is 11.8. The van der Waals surface area contributed by atoms with Crippen LogP contribution < -0.4 is 10.6 Å². The third-order valence-corrected chi connectivity index (χ3v) is 3.27. The van der Waals surface area contributed by atoms with E-state index in [9.17, 15) is 5.11 Å². The number of hydrogen-bond donors (Lipinski definition) is 3. The Bertz CT molecular complexity index is 336. The Morgan fingerprint density at radius 2 is 2.29 bits per heavy atom. The van der Waals surface area contributed by atoms with Crippen LogP contribution in [0.1, 0.15) is 5.69 Å². The van der Waals surface area contributed by atoms with Crippen molar-refractivity contribution in [2.24, 2.45) is 5.92 Å².